The molecule has 158 valence electrons. The maximum atomic E-state index is 6.08. The van der Waals surface area contributed by atoms with Gasteiger partial charge < -0.3 is 20.3 Å². The summed E-state index contributed by atoms with van der Waals surface area (Å²) in [4.78, 5) is 7.34. The summed E-state index contributed by atoms with van der Waals surface area (Å²) in [7, 11) is 0. The number of hydrogen-bond donors (Lipinski definition) is 2. The van der Waals surface area contributed by atoms with Crippen molar-refractivity contribution in [2.75, 3.05) is 39.3 Å². The van der Waals surface area contributed by atoms with Gasteiger partial charge in [-0.25, -0.2) is 4.99 Å². The Morgan fingerprint density at radius 2 is 2.00 bits per heavy atom. The van der Waals surface area contributed by atoms with Gasteiger partial charge in [0.25, 0.3) is 0 Å². The van der Waals surface area contributed by atoms with Crippen molar-refractivity contribution in [1.82, 2.24) is 15.5 Å². The maximum Gasteiger partial charge on any atom is 0.191 e. The molecule has 3 rings (SSSR count). The highest BCUT2D eigenvalue weighted by atomic mass is 127. The molecule has 0 radical (unpaired) electrons. The van der Waals surface area contributed by atoms with Crippen LogP contribution in [0.15, 0.2) is 23.2 Å². The minimum absolute atomic E-state index is 0. The lowest BCUT2D eigenvalue weighted by Crippen LogP contribution is -2.40. The maximum absolute atomic E-state index is 6.08. The molecule has 2 aliphatic rings. The molecule has 1 aromatic rings. The topological polar surface area (TPSA) is 48.9 Å². The van der Waals surface area contributed by atoms with Crippen LogP contribution in [0.4, 0.5) is 0 Å². The third-order valence-electron chi connectivity index (χ3n) is 5.52. The van der Waals surface area contributed by atoms with E-state index in [1.54, 1.807) is 0 Å². The van der Waals surface area contributed by atoms with E-state index in [4.69, 9.17) is 9.73 Å². The van der Waals surface area contributed by atoms with Crippen LogP contribution in [0.2, 0.25) is 0 Å². The second kappa shape index (κ2) is 11.9. The highest BCUT2D eigenvalue weighted by Gasteiger charge is 2.23. The summed E-state index contributed by atoms with van der Waals surface area (Å²) in [5.41, 5.74) is 2.40. The van der Waals surface area contributed by atoms with E-state index in [-0.39, 0.29) is 24.0 Å². The van der Waals surface area contributed by atoms with Crippen LogP contribution >= 0.6 is 24.0 Å². The van der Waals surface area contributed by atoms with Crippen molar-refractivity contribution in [3.8, 4) is 5.75 Å². The molecule has 2 fully saturated rings. The predicted molar refractivity (Wildman–Crippen MR) is 128 cm³/mol. The Balaban J connectivity index is 0.00000280. The Hall–Kier alpha value is -1.02. The molecule has 1 aliphatic carbocycles. The van der Waals surface area contributed by atoms with Crippen molar-refractivity contribution in [3.05, 3.63) is 29.3 Å². The average Bonchev–Trinajstić information content (AvgIpc) is 3.39. The second-order valence-corrected chi connectivity index (χ2v) is 7.99. The van der Waals surface area contributed by atoms with E-state index < -0.39 is 0 Å². The molecule has 1 saturated carbocycles. The van der Waals surface area contributed by atoms with Crippen molar-refractivity contribution >= 4 is 29.9 Å². The molecule has 0 bridgehead atoms. The van der Waals surface area contributed by atoms with Crippen molar-refractivity contribution in [3.63, 3.8) is 0 Å². The van der Waals surface area contributed by atoms with Gasteiger partial charge in [0, 0.05) is 25.2 Å². The van der Waals surface area contributed by atoms with Gasteiger partial charge >= 0.3 is 0 Å². The van der Waals surface area contributed by atoms with Gasteiger partial charge in [-0.2, -0.15) is 0 Å². The van der Waals surface area contributed by atoms with Crippen LogP contribution in [-0.4, -0.2) is 50.2 Å². The standard InChI is InChI=1S/C22H36N4O.HI/c1-4-23-22(24-13-19-10-11-26(5-2)15-19)25-14-20-9-6-17(3)12-21(20)27-16-18-7-8-18;/h6,9,12,18-19H,4-5,7-8,10-11,13-16H2,1-3H3,(H2,23,24,25);1H. The Labute approximate surface area is 187 Å². The molecular weight excluding hydrogens is 463 g/mol. The number of ether oxygens (including phenoxy) is 1. The first kappa shape index (κ1) is 23.3. The van der Waals surface area contributed by atoms with Gasteiger partial charge in [0.15, 0.2) is 5.96 Å². The molecule has 5 nitrogen and oxygen atoms in total. The van der Waals surface area contributed by atoms with E-state index in [0.717, 1.165) is 49.4 Å². The second-order valence-electron chi connectivity index (χ2n) is 7.99. The molecule has 0 aromatic heterocycles. The highest BCUT2D eigenvalue weighted by molar-refractivity contribution is 14.0. The molecule has 1 saturated heterocycles. The van der Waals surface area contributed by atoms with Crippen LogP contribution in [0.5, 0.6) is 5.75 Å². The molecule has 0 spiro atoms. The van der Waals surface area contributed by atoms with Crippen LogP contribution in [-0.2, 0) is 6.54 Å². The van der Waals surface area contributed by atoms with E-state index in [2.05, 4.69) is 54.5 Å². The number of halogens is 1. The molecule has 6 heteroatoms. The lowest BCUT2D eigenvalue weighted by atomic mass is 10.1. The Bertz CT molecular complexity index is 633. The predicted octanol–water partition coefficient (Wildman–Crippen LogP) is 3.80. The first-order chi connectivity index (χ1) is 13.2. The zero-order valence-corrected chi connectivity index (χ0v) is 20.0. The molecule has 1 atom stereocenters. The van der Waals surface area contributed by atoms with Crippen molar-refractivity contribution in [2.24, 2.45) is 16.8 Å². The fourth-order valence-electron chi connectivity index (χ4n) is 3.53. The van der Waals surface area contributed by atoms with Crippen molar-refractivity contribution < 1.29 is 4.74 Å². The van der Waals surface area contributed by atoms with Gasteiger partial charge in [0.1, 0.15) is 5.75 Å². The molecule has 0 amide bonds. The lowest BCUT2D eigenvalue weighted by Gasteiger charge is -2.16. The number of nitrogens with zero attached hydrogens (tertiary/aromatic N) is 2. The number of hydrogen-bond acceptors (Lipinski definition) is 3. The SMILES string of the molecule is CCNC(=NCc1ccc(C)cc1OCC1CC1)NCC1CCN(CC)C1.I. The van der Waals surface area contributed by atoms with Crippen molar-refractivity contribution in [1.29, 1.82) is 0 Å². The third-order valence-corrected chi connectivity index (χ3v) is 5.52. The zero-order chi connectivity index (χ0) is 19.1. The van der Waals surface area contributed by atoms with Crippen LogP contribution < -0.4 is 15.4 Å². The molecule has 28 heavy (non-hydrogen) atoms. The van der Waals surface area contributed by atoms with Gasteiger partial charge in [-0.05, 0) is 69.7 Å². The number of rotatable bonds is 9. The molecular formula is C22H37IN4O. The van der Waals surface area contributed by atoms with E-state index in [1.165, 1.54) is 37.9 Å². The van der Waals surface area contributed by atoms with E-state index in [0.29, 0.717) is 12.5 Å². The summed E-state index contributed by atoms with van der Waals surface area (Å²) in [5.74, 6) is 3.37. The number of aliphatic imine (C=N–C) groups is 1. The molecule has 1 aromatic carbocycles. The normalized spacial score (nSPS) is 20.0. The van der Waals surface area contributed by atoms with Crippen LogP contribution in [0.25, 0.3) is 0 Å². The lowest BCUT2D eigenvalue weighted by molar-refractivity contribution is 0.296. The number of aryl methyl sites for hydroxylation is 1. The number of guanidine groups is 1. The zero-order valence-electron chi connectivity index (χ0n) is 17.7. The Morgan fingerprint density at radius 3 is 2.68 bits per heavy atom. The number of benzene rings is 1. The monoisotopic (exact) mass is 500 g/mol. The van der Waals surface area contributed by atoms with E-state index in [9.17, 15) is 0 Å². The fraction of sp³-hybridized carbons (Fsp3) is 0.682. The first-order valence-corrected chi connectivity index (χ1v) is 10.6. The molecule has 1 heterocycles. The van der Waals surface area contributed by atoms with Gasteiger partial charge in [0.2, 0.25) is 0 Å². The fourth-order valence-corrected chi connectivity index (χ4v) is 3.53. The van der Waals surface area contributed by atoms with Crippen LogP contribution in [0, 0.1) is 18.8 Å². The first-order valence-electron chi connectivity index (χ1n) is 10.6. The summed E-state index contributed by atoms with van der Waals surface area (Å²) in [6.45, 7) is 13.4. The molecule has 1 unspecified atom stereocenters. The Kier molecular flexibility index (Phi) is 9.85. The van der Waals surface area contributed by atoms with E-state index >= 15 is 0 Å². The van der Waals surface area contributed by atoms with Gasteiger partial charge in [0.05, 0.1) is 13.2 Å². The summed E-state index contributed by atoms with van der Waals surface area (Å²) in [5, 5.41) is 6.92. The average molecular weight is 500 g/mol. The van der Waals surface area contributed by atoms with Crippen molar-refractivity contribution in [2.45, 2.75) is 46.6 Å². The third kappa shape index (κ3) is 7.43. The summed E-state index contributed by atoms with van der Waals surface area (Å²) in [6, 6.07) is 6.44. The largest absolute Gasteiger partial charge is 0.493 e. The number of likely N-dealkylation sites (tertiary alicyclic amines) is 1. The quantitative estimate of drug-likeness (QED) is 0.308. The minimum atomic E-state index is 0. The van der Waals surface area contributed by atoms with E-state index in [1.807, 2.05) is 0 Å². The highest BCUT2D eigenvalue weighted by Crippen LogP contribution is 2.31. The molecule has 2 N–H and O–H groups in total. The summed E-state index contributed by atoms with van der Waals surface area (Å²) in [6.07, 6.45) is 3.90. The summed E-state index contributed by atoms with van der Waals surface area (Å²) < 4.78 is 6.08. The summed E-state index contributed by atoms with van der Waals surface area (Å²) >= 11 is 0. The smallest absolute Gasteiger partial charge is 0.191 e. The molecule has 1 aliphatic heterocycles. The Morgan fingerprint density at radius 1 is 1.18 bits per heavy atom. The van der Waals surface area contributed by atoms with Gasteiger partial charge in [-0.15, -0.1) is 24.0 Å². The van der Waals surface area contributed by atoms with Gasteiger partial charge in [-0.1, -0.05) is 19.1 Å². The number of nitrogens with one attached hydrogen (secondary N) is 2. The van der Waals surface area contributed by atoms with Crippen LogP contribution in [0.1, 0.15) is 44.2 Å². The van der Waals surface area contributed by atoms with Crippen LogP contribution in [0.3, 0.4) is 0 Å². The van der Waals surface area contributed by atoms with Gasteiger partial charge in [-0.3, -0.25) is 0 Å². The minimum Gasteiger partial charge on any atom is -0.493 e.